The molecule has 5 rings (SSSR count). The van der Waals surface area contributed by atoms with Crippen molar-refractivity contribution < 1.29 is 4.39 Å². The van der Waals surface area contributed by atoms with E-state index in [2.05, 4.69) is 15.3 Å². The van der Waals surface area contributed by atoms with Crippen LogP contribution in [0.1, 0.15) is 18.5 Å². The van der Waals surface area contributed by atoms with Gasteiger partial charge in [-0.3, -0.25) is 9.38 Å². The average Bonchev–Trinajstić information content (AvgIpc) is 3.39. The lowest BCUT2D eigenvalue weighted by molar-refractivity contribution is 0.628. The molecule has 0 bridgehead atoms. The van der Waals surface area contributed by atoms with Gasteiger partial charge in [-0.15, -0.1) is 0 Å². The minimum atomic E-state index is -0.278. The fourth-order valence-electron chi connectivity index (χ4n) is 3.13. The van der Waals surface area contributed by atoms with Crippen LogP contribution in [0, 0.1) is 12.7 Å². The number of rotatable bonds is 4. The number of nitrogens with zero attached hydrogens (tertiary/aromatic N) is 5. The van der Waals surface area contributed by atoms with Crippen molar-refractivity contribution in [3.05, 3.63) is 60.4 Å². The molecule has 1 saturated carbocycles. The molecule has 1 aromatic carbocycles. The zero-order valence-electron chi connectivity index (χ0n) is 14.7. The molecule has 0 aliphatic heterocycles. The molecule has 0 amide bonds. The third kappa shape index (κ3) is 2.91. The van der Waals surface area contributed by atoms with Crippen molar-refractivity contribution >= 4 is 11.6 Å². The van der Waals surface area contributed by atoms with Crippen molar-refractivity contribution in [2.75, 3.05) is 5.32 Å². The molecule has 3 heterocycles. The molecular formula is C20H17FN6. The van der Waals surface area contributed by atoms with Crippen LogP contribution < -0.4 is 5.32 Å². The highest BCUT2D eigenvalue weighted by Gasteiger charge is 2.23. The summed E-state index contributed by atoms with van der Waals surface area (Å²) in [4.78, 5) is 18.2. The second-order valence-electron chi connectivity index (χ2n) is 6.71. The Morgan fingerprint density at radius 2 is 1.85 bits per heavy atom. The fraction of sp³-hybridized carbons (Fsp3) is 0.200. The van der Waals surface area contributed by atoms with Gasteiger partial charge >= 0.3 is 0 Å². The van der Waals surface area contributed by atoms with Gasteiger partial charge in [-0.05, 0) is 50.1 Å². The van der Waals surface area contributed by atoms with Crippen LogP contribution in [0.25, 0.3) is 28.3 Å². The molecule has 1 fully saturated rings. The van der Waals surface area contributed by atoms with Crippen molar-refractivity contribution in [1.82, 2.24) is 24.3 Å². The van der Waals surface area contributed by atoms with E-state index in [9.17, 15) is 4.39 Å². The second kappa shape index (κ2) is 6.12. The summed E-state index contributed by atoms with van der Waals surface area (Å²) in [5.74, 6) is 0.334. The van der Waals surface area contributed by atoms with Crippen molar-refractivity contribution in [2.24, 2.45) is 0 Å². The number of imidazole rings is 1. The van der Waals surface area contributed by atoms with Crippen molar-refractivity contribution in [3.63, 3.8) is 0 Å². The Kier molecular flexibility index (Phi) is 3.60. The number of fused-ring (bicyclic) bond motifs is 1. The Balaban J connectivity index is 1.73. The monoisotopic (exact) mass is 360 g/mol. The van der Waals surface area contributed by atoms with Crippen LogP contribution in [0.3, 0.4) is 0 Å². The fourth-order valence-corrected chi connectivity index (χ4v) is 3.13. The molecule has 0 radical (unpaired) electrons. The molecule has 134 valence electrons. The van der Waals surface area contributed by atoms with Gasteiger partial charge in [0, 0.05) is 30.2 Å². The highest BCUT2D eigenvalue weighted by Crippen LogP contribution is 2.33. The van der Waals surface area contributed by atoms with Gasteiger partial charge in [-0.2, -0.15) is 0 Å². The highest BCUT2D eigenvalue weighted by atomic mass is 19.1. The quantitative estimate of drug-likeness (QED) is 0.598. The number of aromatic nitrogens is 5. The van der Waals surface area contributed by atoms with Crippen LogP contribution in [-0.2, 0) is 0 Å². The summed E-state index contributed by atoms with van der Waals surface area (Å²) >= 11 is 0. The molecule has 0 atom stereocenters. The van der Waals surface area contributed by atoms with Gasteiger partial charge in [0.25, 0.3) is 0 Å². The molecule has 4 aromatic rings. The first-order valence-corrected chi connectivity index (χ1v) is 8.88. The molecule has 27 heavy (non-hydrogen) atoms. The number of aryl methyl sites for hydroxylation is 1. The summed E-state index contributed by atoms with van der Waals surface area (Å²) in [6, 6.07) is 8.67. The molecule has 3 aromatic heterocycles. The topological polar surface area (TPSA) is 68.0 Å². The number of nitrogens with one attached hydrogen (secondary N) is 1. The maximum absolute atomic E-state index is 13.4. The first-order valence-electron chi connectivity index (χ1n) is 8.88. The van der Waals surface area contributed by atoms with Crippen molar-refractivity contribution in [3.8, 4) is 22.6 Å². The number of hydrogen-bond acceptors (Lipinski definition) is 5. The maximum atomic E-state index is 13.4. The van der Waals surface area contributed by atoms with Crippen LogP contribution in [0.15, 0.2) is 48.9 Å². The lowest BCUT2D eigenvalue weighted by Gasteiger charge is -2.08. The smallest absolute Gasteiger partial charge is 0.223 e. The second-order valence-corrected chi connectivity index (χ2v) is 6.71. The lowest BCUT2D eigenvalue weighted by Crippen LogP contribution is -2.06. The molecule has 0 saturated heterocycles. The Morgan fingerprint density at radius 1 is 1.04 bits per heavy atom. The number of anilines is 1. The van der Waals surface area contributed by atoms with Gasteiger partial charge in [0.05, 0.1) is 22.8 Å². The van der Waals surface area contributed by atoms with E-state index in [1.165, 1.54) is 12.1 Å². The molecule has 7 heteroatoms. The first kappa shape index (κ1) is 15.9. The van der Waals surface area contributed by atoms with Gasteiger partial charge < -0.3 is 5.32 Å². The zero-order chi connectivity index (χ0) is 18.4. The zero-order valence-corrected chi connectivity index (χ0v) is 14.7. The van der Waals surface area contributed by atoms with E-state index in [0.717, 1.165) is 46.8 Å². The Bertz CT molecular complexity index is 1130. The van der Waals surface area contributed by atoms with E-state index in [0.29, 0.717) is 12.0 Å². The van der Waals surface area contributed by atoms with Crippen LogP contribution in [0.5, 0.6) is 0 Å². The standard InChI is InChI=1S/C20H17FN6/c1-12-19-26-17(13-2-4-14(21)5-3-13)18(27(19)11-10-22-12)16-8-9-23-20(25-16)24-15-6-7-15/h2-5,8-11,15H,6-7H2,1H3,(H,23,24,25). The predicted octanol–water partition coefficient (Wildman–Crippen LogP) is 3.88. The lowest BCUT2D eigenvalue weighted by atomic mass is 10.1. The highest BCUT2D eigenvalue weighted by molar-refractivity contribution is 5.81. The van der Waals surface area contributed by atoms with Gasteiger partial charge in [0.2, 0.25) is 5.95 Å². The number of benzene rings is 1. The molecule has 6 nitrogen and oxygen atoms in total. The largest absolute Gasteiger partial charge is 0.351 e. The molecule has 0 unspecified atom stereocenters. The summed E-state index contributed by atoms with van der Waals surface area (Å²) in [5.41, 5.74) is 4.72. The summed E-state index contributed by atoms with van der Waals surface area (Å²) in [7, 11) is 0. The van der Waals surface area contributed by atoms with Crippen LogP contribution in [-0.4, -0.2) is 30.4 Å². The van der Waals surface area contributed by atoms with E-state index < -0.39 is 0 Å². The van der Waals surface area contributed by atoms with Crippen LogP contribution in [0.2, 0.25) is 0 Å². The summed E-state index contributed by atoms with van der Waals surface area (Å²) < 4.78 is 15.4. The minimum absolute atomic E-state index is 0.278. The Morgan fingerprint density at radius 3 is 2.63 bits per heavy atom. The average molecular weight is 360 g/mol. The van der Waals surface area contributed by atoms with Gasteiger partial charge in [0.1, 0.15) is 5.82 Å². The number of halogens is 1. The van der Waals surface area contributed by atoms with Gasteiger partial charge in [-0.25, -0.2) is 19.3 Å². The molecule has 0 spiro atoms. The SMILES string of the molecule is Cc1nccn2c(-c3ccnc(NC4CC4)n3)c(-c3ccc(F)cc3)nc12. The first-order chi connectivity index (χ1) is 13.2. The van der Waals surface area contributed by atoms with E-state index in [1.807, 2.05) is 23.6 Å². The normalized spacial score (nSPS) is 13.9. The molecule has 1 N–H and O–H groups in total. The molecular weight excluding hydrogens is 343 g/mol. The van der Waals surface area contributed by atoms with Gasteiger partial charge in [-0.1, -0.05) is 0 Å². The van der Waals surface area contributed by atoms with Crippen LogP contribution in [0.4, 0.5) is 10.3 Å². The van der Waals surface area contributed by atoms with Crippen LogP contribution >= 0.6 is 0 Å². The summed E-state index contributed by atoms with van der Waals surface area (Å²) in [6.45, 7) is 1.92. The van der Waals surface area contributed by atoms with E-state index in [-0.39, 0.29) is 5.82 Å². The maximum Gasteiger partial charge on any atom is 0.223 e. The van der Waals surface area contributed by atoms with E-state index in [1.54, 1.807) is 24.5 Å². The van der Waals surface area contributed by atoms with Crippen molar-refractivity contribution in [2.45, 2.75) is 25.8 Å². The van der Waals surface area contributed by atoms with Gasteiger partial charge in [0.15, 0.2) is 5.65 Å². The minimum Gasteiger partial charge on any atom is -0.351 e. The number of hydrogen-bond donors (Lipinski definition) is 1. The molecule has 1 aliphatic carbocycles. The van der Waals surface area contributed by atoms with E-state index >= 15 is 0 Å². The Labute approximate surface area is 155 Å². The summed E-state index contributed by atoms with van der Waals surface area (Å²) in [6.07, 6.45) is 7.65. The third-order valence-electron chi connectivity index (χ3n) is 4.65. The van der Waals surface area contributed by atoms with E-state index in [4.69, 9.17) is 9.97 Å². The third-order valence-corrected chi connectivity index (χ3v) is 4.65. The Hall–Kier alpha value is -3.35. The summed E-state index contributed by atoms with van der Waals surface area (Å²) in [5, 5.41) is 3.33. The molecule has 1 aliphatic rings. The predicted molar refractivity (Wildman–Crippen MR) is 101 cm³/mol. The van der Waals surface area contributed by atoms with Crippen molar-refractivity contribution in [1.29, 1.82) is 0 Å².